The van der Waals surface area contributed by atoms with Gasteiger partial charge in [0.15, 0.2) is 11.6 Å². The minimum atomic E-state index is -1.50. The molecule has 0 bridgehead atoms. The van der Waals surface area contributed by atoms with E-state index in [1.165, 1.54) is 11.0 Å². The van der Waals surface area contributed by atoms with Gasteiger partial charge in [0.1, 0.15) is 0 Å². The van der Waals surface area contributed by atoms with Gasteiger partial charge in [0.25, 0.3) is 5.91 Å². The molecular formula is C15H17F2NO3. The molecule has 0 aliphatic heterocycles. The van der Waals surface area contributed by atoms with Crippen LogP contribution in [-0.4, -0.2) is 34.0 Å². The highest BCUT2D eigenvalue weighted by Gasteiger charge is 2.30. The van der Waals surface area contributed by atoms with E-state index in [-0.39, 0.29) is 6.54 Å². The van der Waals surface area contributed by atoms with E-state index in [0.717, 1.165) is 0 Å². The average Bonchev–Trinajstić information content (AvgIpc) is 2.36. The van der Waals surface area contributed by atoms with Crippen molar-refractivity contribution in [2.45, 2.75) is 26.3 Å². The molecule has 0 fully saturated rings. The summed E-state index contributed by atoms with van der Waals surface area (Å²) in [5.74, 6) is -4.77. The van der Waals surface area contributed by atoms with Crippen molar-refractivity contribution in [3.63, 3.8) is 0 Å². The van der Waals surface area contributed by atoms with E-state index in [2.05, 4.69) is 6.58 Å². The van der Waals surface area contributed by atoms with Crippen molar-refractivity contribution in [2.24, 2.45) is 0 Å². The second-order valence-corrected chi connectivity index (χ2v) is 5.49. The van der Waals surface area contributed by atoms with Gasteiger partial charge < -0.3 is 10.0 Å². The summed E-state index contributed by atoms with van der Waals surface area (Å²) < 4.78 is 26.6. The van der Waals surface area contributed by atoms with Gasteiger partial charge in [-0.3, -0.25) is 4.79 Å². The maximum atomic E-state index is 13.4. The third kappa shape index (κ3) is 3.65. The first-order valence-electron chi connectivity index (χ1n) is 6.24. The zero-order valence-electron chi connectivity index (χ0n) is 12.1. The van der Waals surface area contributed by atoms with Gasteiger partial charge >= 0.3 is 5.97 Å². The molecule has 6 heteroatoms. The predicted octanol–water partition coefficient (Wildman–Crippen LogP) is 3.09. The first-order chi connectivity index (χ1) is 9.59. The fourth-order valence-electron chi connectivity index (χ4n) is 1.84. The van der Waals surface area contributed by atoms with E-state index in [0.29, 0.717) is 12.1 Å². The normalized spacial score (nSPS) is 11.1. The van der Waals surface area contributed by atoms with Gasteiger partial charge in [0, 0.05) is 12.1 Å². The van der Waals surface area contributed by atoms with Crippen LogP contribution in [0.3, 0.4) is 0 Å². The van der Waals surface area contributed by atoms with Crippen LogP contribution in [0.4, 0.5) is 8.78 Å². The summed E-state index contributed by atoms with van der Waals surface area (Å²) >= 11 is 0. The van der Waals surface area contributed by atoms with Crippen molar-refractivity contribution in [2.75, 3.05) is 6.54 Å². The van der Waals surface area contributed by atoms with Crippen molar-refractivity contribution < 1.29 is 23.5 Å². The van der Waals surface area contributed by atoms with Crippen molar-refractivity contribution in [3.05, 3.63) is 47.5 Å². The summed E-state index contributed by atoms with van der Waals surface area (Å²) in [6.45, 7) is 8.92. The molecule has 0 unspecified atom stereocenters. The smallest absolute Gasteiger partial charge is 0.336 e. The molecule has 0 atom stereocenters. The predicted molar refractivity (Wildman–Crippen MR) is 74.3 cm³/mol. The Bertz CT molecular complexity index is 591. The van der Waals surface area contributed by atoms with Gasteiger partial charge in [-0.05, 0) is 32.9 Å². The number of carbonyl (C=O) groups excluding carboxylic acids is 1. The fourth-order valence-corrected chi connectivity index (χ4v) is 1.84. The van der Waals surface area contributed by atoms with Gasteiger partial charge in [0.2, 0.25) is 0 Å². The topological polar surface area (TPSA) is 57.6 Å². The van der Waals surface area contributed by atoms with Gasteiger partial charge in [-0.2, -0.15) is 0 Å². The Labute approximate surface area is 121 Å². The molecule has 1 aromatic rings. The van der Waals surface area contributed by atoms with Gasteiger partial charge in [-0.25, -0.2) is 13.6 Å². The monoisotopic (exact) mass is 297 g/mol. The van der Waals surface area contributed by atoms with Crippen LogP contribution in [0, 0.1) is 11.6 Å². The van der Waals surface area contributed by atoms with E-state index >= 15 is 0 Å². The highest BCUT2D eigenvalue weighted by Crippen LogP contribution is 2.22. The molecule has 1 N–H and O–H groups in total. The number of aromatic carboxylic acids is 1. The first kappa shape index (κ1) is 16.8. The van der Waals surface area contributed by atoms with Crippen LogP contribution in [0.25, 0.3) is 0 Å². The minimum absolute atomic E-state index is 0.153. The number of carbonyl (C=O) groups is 2. The molecule has 0 aromatic heterocycles. The lowest BCUT2D eigenvalue weighted by atomic mass is 10.0. The van der Waals surface area contributed by atoms with Gasteiger partial charge in [-0.15, -0.1) is 6.58 Å². The van der Waals surface area contributed by atoms with Crippen LogP contribution in [0.1, 0.15) is 41.5 Å². The maximum Gasteiger partial charge on any atom is 0.336 e. The highest BCUT2D eigenvalue weighted by atomic mass is 19.2. The summed E-state index contributed by atoms with van der Waals surface area (Å²) in [5.41, 5.74) is -1.60. The SMILES string of the molecule is C=CCN(C(=O)c1cc(F)c(F)cc1C(=O)O)C(C)(C)C. The summed E-state index contributed by atoms with van der Waals surface area (Å²) in [5, 5.41) is 9.06. The van der Waals surface area contributed by atoms with Crippen LogP contribution >= 0.6 is 0 Å². The Morgan fingerprint density at radius 2 is 1.71 bits per heavy atom. The number of rotatable bonds is 4. The van der Waals surface area contributed by atoms with Crippen molar-refractivity contribution in [3.8, 4) is 0 Å². The number of hydrogen-bond donors (Lipinski definition) is 1. The van der Waals surface area contributed by atoms with Crippen molar-refractivity contribution >= 4 is 11.9 Å². The second kappa shape index (κ2) is 6.03. The lowest BCUT2D eigenvalue weighted by Crippen LogP contribution is -2.46. The molecular weight excluding hydrogens is 280 g/mol. The summed E-state index contributed by atoms with van der Waals surface area (Å²) in [7, 11) is 0. The first-order valence-corrected chi connectivity index (χ1v) is 6.24. The minimum Gasteiger partial charge on any atom is -0.478 e. The number of halogens is 2. The lowest BCUT2D eigenvalue weighted by molar-refractivity contribution is 0.0596. The molecule has 114 valence electrons. The third-order valence-corrected chi connectivity index (χ3v) is 2.89. The highest BCUT2D eigenvalue weighted by molar-refractivity contribution is 6.05. The molecule has 0 spiro atoms. The van der Waals surface area contributed by atoms with E-state index in [1.54, 1.807) is 20.8 Å². The number of hydrogen-bond acceptors (Lipinski definition) is 2. The van der Waals surface area contributed by atoms with E-state index < -0.39 is 40.2 Å². The van der Waals surface area contributed by atoms with E-state index in [1.807, 2.05) is 0 Å². The molecule has 1 aromatic carbocycles. The van der Waals surface area contributed by atoms with Crippen LogP contribution in [0.2, 0.25) is 0 Å². The fraction of sp³-hybridized carbons (Fsp3) is 0.333. The van der Waals surface area contributed by atoms with Gasteiger partial charge in [0.05, 0.1) is 11.1 Å². The molecule has 0 saturated heterocycles. The Morgan fingerprint density at radius 3 is 2.10 bits per heavy atom. The quantitative estimate of drug-likeness (QED) is 0.869. The second-order valence-electron chi connectivity index (χ2n) is 5.49. The van der Waals surface area contributed by atoms with E-state index in [9.17, 15) is 18.4 Å². The van der Waals surface area contributed by atoms with Crippen LogP contribution in [0.5, 0.6) is 0 Å². The molecule has 1 amide bonds. The Morgan fingerprint density at radius 1 is 1.24 bits per heavy atom. The molecule has 0 aliphatic carbocycles. The van der Waals surface area contributed by atoms with E-state index in [4.69, 9.17) is 5.11 Å². The Hall–Kier alpha value is -2.24. The molecule has 0 aliphatic rings. The third-order valence-electron chi connectivity index (χ3n) is 2.89. The number of benzene rings is 1. The van der Waals surface area contributed by atoms with Gasteiger partial charge in [-0.1, -0.05) is 6.08 Å². The zero-order chi connectivity index (χ0) is 16.4. The largest absolute Gasteiger partial charge is 0.478 e. The van der Waals surface area contributed by atoms with Crippen LogP contribution in [-0.2, 0) is 0 Å². The molecule has 21 heavy (non-hydrogen) atoms. The number of amides is 1. The summed E-state index contributed by atoms with van der Waals surface area (Å²) in [4.78, 5) is 25.0. The molecule has 0 radical (unpaired) electrons. The number of carboxylic acid groups (broad SMARTS) is 1. The lowest BCUT2D eigenvalue weighted by Gasteiger charge is -2.35. The van der Waals surface area contributed by atoms with Crippen LogP contribution < -0.4 is 0 Å². The standard InChI is InChI=1S/C15H17F2NO3/c1-5-6-18(15(2,3)4)13(19)9-7-11(16)12(17)8-10(9)14(20)21/h5,7-8H,1,6H2,2-4H3,(H,20,21). The number of carboxylic acids is 1. The average molecular weight is 297 g/mol. The zero-order valence-corrected chi connectivity index (χ0v) is 12.1. The van der Waals surface area contributed by atoms with Crippen molar-refractivity contribution in [1.29, 1.82) is 0 Å². The Balaban J connectivity index is 3.43. The number of nitrogens with zero attached hydrogens (tertiary/aromatic N) is 1. The maximum absolute atomic E-state index is 13.4. The molecule has 4 nitrogen and oxygen atoms in total. The summed E-state index contributed by atoms with van der Waals surface area (Å²) in [6, 6.07) is 1.13. The van der Waals surface area contributed by atoms with Crippen LogP contribution in [0.15, 0.2) is 24.8 Å². The molecule has 0 saturated carbocycles. The molecule has 1 rings (SSSR count). The summed E-state index contributed by atoms with van der Waals surface area (Å²) in [6.07, 6.45) is 1.48. The Kier molecular flexibility index (Phi) is 4.83. The van der Waals surface area contributed by atoms with Crippen molar-refractivity contribution in [1.82, 2.24) is 4.90 Å². The molecule has 0 heterocycles.